The van der Waals surface area contributed by atoms with Gasteiger partial charge in [-0.3, -0.25) is 4.79 Å². The molecule has 0 aliphatic rings. The number of ether oxygens (including phenoxy) is 1. The highest BCUT2D eigenvalue weighted by atomic mass is 16.5. The number of aryl methyl sites for hydroxylation is 1. The molecule has 0 spiro atoms. The van der Waals surface area contributed by atoms with Crippen LogP contribution < -0.4 is 10.1 Å². The first-order chi connectivity index (χ1) is 8.69. The number of hydrogen-bond donors (Lipinski definition) is 1. The molecule has 1 amide bonds. The van der Waals surface area contributed by atoms with Crippen molar-refractivity contribution in [1.82, 2.24) is 5.32 Å². The van der Waals surface area contributed by atoms with Crippen molar-refractivity contribution in [3.63, 3.8) is 0 Å². The van der Waals surface area contributed by atoms with Gasteiger partial charge in [0.25, 0.3) is 5.91 Å². The van der Waals surface area contributed by atoms with Crippen LogP contribution in [0.1, 0.15) is 51.7 Å². The molecule has 0 radical (unpaired) electrons. The summed E-state index contributed by atoms with van der Waals surface area (Å²) in [4.78, 5) is 11.7. The lowest BCUT2D eigenvalue weighted by Gasteiger charge is -2.21. The summed E-state index contributed by atoms with van der Waals surface area (Å²) in [5, 5.41) is 2.88. The molecule has 1 aromatic rings. The molecule has 0 bridgehead atoms. The molecule has 106 valence electrons. The number of hydrogen-bond acceptors (Lipinski definition) is 2. The van der Waals surface area contributed by atoms with Gasteiger partial charge in [0, 0.05) is 5.54 Å². The van der Waals surface area contributed by atoms with Crippen LogP contribution in [0.25, 0.3) is 0 Å². The van der Waals surface area contributed by atoms with Crippen LogP contribution in [0.2, 0.25) is 0 Å². The zero-order valence-corrected chi connectivity index (χ0v) is 12.8. The molecule has 0 saturated carbocycles. The lowest BCUT2D eigenvalue weighted by Crippen LogP contribution is -2.43. The molecule has 0 atom stereocenters. The highest BCUT2D eigenvalue weighted by Gasteiger charge is 2.14. The molecule has 0 unspecified atom stereocenters. The van der Waals surface area contributed by atoms with E-state index in [-0.39, 0.29) is 18.1 Å². The van der Waals surface area contributed by atoms with Gasteiger partial charge in [-0.1, -0.05) is 26.0 Å². The van der Waals surface area contributed by atoms with E-state index in [9.17, 15) is 4.79 Å². The molecular formula is C16H25NO2. The van der Waals surface area contributed by atoms with Crippen molar-refractivity contribution in [3.05, 3.63) is 29.3 Å². The number of carbonyl (C=O) groups is 1. The zero-order valence-electron chi connectivity index (χ0n) is 12.8. The average Bonchev–Trinajstić information content (AvgIpc) is 2.25. The predicted molar refractivity (Wildman–Crippen MR) is 78.7 cm³/mol. The van der Waals surface area contributed by atoms with Crippen LogP contribution in [0.5, 0.6) is 5.75 Å². The Morgan fingerprint density at radius 3 is 2.47 bits per heavy atom. The molecule has 0 aliphatic carbocycles. The SMILES string of the molecule is Cc1ccc(C(C)C)cc1OCC(=O)NC(C)(C)C. The highest BCUT2D eigenvalue weighted by Crippen LogP contribution is 2.24. The van der Waals surface area contributed by atoms with Gasteiger partial charge in [-0.05, 0) is 50.8 Å². The summed E-state index contributed by atoms with van der Waals surface area (Å²) in [7, 11) is 0. The molecule has 0 heterocycles. The van der Waals surface area contributed by atoms with Crippen LogP contribution in [0.3, 0.4) is 0 Å². The Morgan fingerprint density at radius 1 is 1.32 bits per heavy atom. The summed E-state index contributed by atoms with van der Waals surface area (Å²) in [6, 6.07) is 6.15. The number of rotatable bonds is 4. The molecule has 0 saturated heterocycles. The second-order valence-corrected chi connectivity index (χ2v) is 6.27. The van der Waals surface area contributed by atoms with Crippen molar-refractivity contribution >= 4 is 5.91 Å². The van der Waals surface area contributed by atoms with Crippen molar-refractivity contribution < 1.29 is 9.53 Å². The first-order valence-corrected chi connectivity index (χ1v) is 6.73. The van der Waals surface area contributed by atoms with Gasteiger partial charge in [0.15, 0.2) is 6.61 Å². The lowest BCUT2D eigenvalue weighted by molar-refractivity contribution is -0.124. The van der Waals surface area contributed by atoms with Gasteiger partial charge in [0.2, 0.25) is 0 Å². The van der Waals surface area contributed by atoms with E-state index in [1.807, 2.05) is 39.8 Å². The van der Waals surface area contributed by atoms with E-state index in [1.54, 1.807) is 0 Å². The largest absolute Gasteiger partial charge is 0.483 e. The smallest absolute Gasteiger partial charge is 0.258 e. The first kappa shape index (κ1) is 15.5. The molecule has 19 heavy (non-hydrogen) atoms. The van der Waals surface area contributed by atoms with E-state index in [2.05, 4.69) is 25.2 Å². The topological polar surface area (TPSA) is 38.3 Å². The minimum absolute atomic E-state index is 0.0552. The fraction of sp³-hybridized carbons (Fsp3) is 0.562. The Morgan fingerprint density at radius 2 is 1.95 bits per heavy atom. The first-order valence-electron chi connectivity index (χ1n) is 6.73. The van der Waals surface area contributed by atoms with Crippen LogP contribution in [-0.4, -0.2) is 18.1 Å². The van der Waals surface area contributed by atoms with Gasteiger partial charge in [-0.2, -0.15) is 0 Å². The normalized spacial score (nSPS) is 11.5. The molecule has 1 N–H and O–H groups in total. The number of carbonyl (C=O) groups excluding carboxylic acids is 1. The van der Waals surface area contributed by atoms with E-state index in [4.69, 9.17) is 4.74 Å². The third-order valence-corrected chi connectivity index (χ3v) is 2.75. The Bertz CT molecular complexity index is 445. The Kier molecular flexibility index (Phi) is 4.98. The number of nitrogens with one attached hydrogen (secondary N) is 1. The van der Waals surface area contributed by atoms with Gasteiger partial charge in [-0.25, -0.2) is 0 Å². The quantitative estimate of drug-likeness (QED) is 0.904. The predicted octanol–water partition coefficient (Wildman–Crippen LogP) is 3.41. The number of amides is 1. The summed E-state index contributed by atoms with van der Waals surface area (Å²) in [6.07, 6.45) is 0. The summed E-state index contributed by atoms with van der Waals surface area (Å²) >= 11 is 0. The minimum atomic E-state index is -0.227. The Hall–Kier alpha value is -1.51. The van der Waals surface area contributed by atoms with Crippen LogP contribution in [-0.2, 0) is 4.79 Å². The third kappa shape index (κ3) is 5.33. The fourth-order valence-electron chi connectivity index (χ4n) is 1.73. The summed E-state index contributed by atoms with van der Waals surface area (Å²) in [5.74, 6) is 1.14. The minimum Gasteiger partial charge on any atom is -0.483 e. The van der Waals surface area contributed by atoms with Gasteiger partial charge in [0.1, 0.15) is 5.75 Å². The number of benzene rings is 1. The van der Waals surface area contributed by atoms with Crippen molar-refractivity contribution in [2.45, 2.75) is 53.0 Å². The lowest BCUT2D eigenvalue weighted by atomic mass is 10.0. The van der Waals surface area contributed by atoms with Gasteiger partial charge >= 0.3 is 0 Å². The van der Waals surface area contributed by atoms with E-state index in [0.717, 1.165) is 11.3 Å². The molecule has 3 heteroatoms. The Labute approximate surface area is 116 Å². The van der Waals surface area contributed by atoms with Crippen LogP contribution in [0, 0.1) is 6.92 Å². The molecule has 0 aliphatic heterocycles. The van der Waals surface area contributed by atoms with Gasteiger partial charge in [-0.15, -0.1) is 0 Å². The molecular weight excluding hydrogens is 238 g/mol. The Balaban J connectivity index is 2.67. The molecule has 1 rings (SSSR count). The van der Waals surface area contributed by atoms with Crippen molar-refractivity contribution in [3.8, 4) is 5.75 Å². The van der Waals surface area contributed by atoms with E-state index in [1.165, 1.54) is 5.56 Å². The van der Waals surface area contributed by atoms with Crippen LogP contribution in [0.4, 0.5) is 0 Å². The second-order valence-electron chi connectivity index (χ2n) is 6.27. The molecule has 1 aromatic carbocycles. The zero-order chi connectivity index (χ0) is 14.6. The van der Waals surface area contributed by atoms with E-state index >= 15 is 0 Å². The molecule has 3 nitrogen and oxygen atoms in total. The molecule has 0 fully saturated rings. The second kappa shape index (κ2) is 6.09. The van der Waals surface area contributed by atoms with Gasteiger partial charge in [0.05, 0.1) is 0 Å². The monoisotopic (exact) mass is 263 g/mol. The average molecular weight is 263 g/mol. The van der Waals surface area contributed by atoms with Crippen LogP contribution >= 0.6 is 0 Å². The third-order valence-electron chi connectivity index (χ3n) is 2.75. The maximum Gasteiger partial charge on any atom is 0.258 e. The van der Waals surface area contributed by atoms with Crippen molar-refractivity contribution in [2.24, 2.45) is 0 Å². The fourth-order valence-corrected chi connectivity index (χ4v) is 1.73. The van der Waals surface area contributed by atoms with Crippen molar-refractivity contribution in [1.29, 1.82) is 0 Å². The van der Waals surface area contributed by atoms with E-state index < -0.39 is 0 Å². The van der Waals surface area contributed by atoms with Crippen LogP contribution in [0.15, 0.2) is 18.2 Å². The van der Waals surface area contributed by atoms with Crippen molar-refractivity contribution in [2.75, 3.05) is 6.61 Å². The van der Waals surface area contributed by atoms with E-state index in [0.29, 0.717) is 5.92 Å². The summed E-state index contributed by atoms with van der Waals surface area (Å²) in [5.41, 5.74) is 2.04. The maximum absolute atomic E-state index is 11.7. The highest BCUT2D eigenvalue weighted by molar-refractivity contribution is 5.78. The summed E-state index contributed by atoms with van der Waals surface area (Å²) in [6.45, 7) is 12.2. The standard InChI is InChI=1S/C16H25NO2/c1-11(2)13-8-7-12(3)14(9-13)19-10-15(18)17-16(4,5)6/h7-9,11H,10H2,1-6H3,(H,17,18). The molecule has 0 aromatic heterocycles. The summed E-state index contributed by atoms with van der Waals surface area (Å²) < 4.78 is 5.62. The maximum atomic E-state index is 11.7. The van der Waals surface area contributed by atoms with Gasteiger partial charge < -0.3 is 10.1 Å².